The van der Waals surface area contributed by atoms with Crippen molar-refractivity contribution in [1.82, 2.24) is 0 Å². The van der Waals surface area contributed by atoms with Gasteiger partial charge in [-0.1, -0.05) is 0 Å². The topological polar surface area (TPSA) is 71.4 Å². The highest BCUT2D eigenvalue weighted by molar-refractivity contribution is 7.87. The number of carbonyl (C=O) groups excluding carboxylic acids is 1. The molecule has 0 aliphatic rings. The molecule has 0 heterocycles. The van der Waals surface area contributed by atoms with Crippen LogP contribution in [0.5, 0.6) is 0 Å². The van der Waals surface area contributed by atoms with E-state index < -0.39 is 10.1 Å². The first-order valence-corrected chi connectivity index (χ1v) is 3.81. The van der Waals surface area contributed by atoms with Crippen molar-refractivity contribution in [2.45, 2.75) is 12.8 Å². The number of rotatable bonds is 4. The minimum atomic E-state index is -3.98. The predicted molar refractivity (Wildman–Crippen MR) is 31.1 cm³/mol. The summed E-state index contributed by atoms with van der Waals surface area (Å²) in [5.41, 5.74) is 0. The molecule has 0 saturated carbocycles. The van der Waals surface area contributed by atoms with Gasteiger partial charge in [-0.3, -0.25) is 4.55 Å². The van der Waals surface area contributed by atoms with Crippen LogP contribution in [0.2, 0.25) is 0 Å². The molecule has 0 aromatic carbocycles. The van der Waals surface area contributed by atoms with Crippen LogP contribution in [0.4, 0.5) is 0 Å². The first-order valence-electron chi connectivity index (χ1n) is 2.30. The van der Waals surface area contributed by atoms with E-state index >= 15 is 0 Å². The van der Waals surface area contributed by atoms with Gasteiger partial charge in [-0.05, 0) is 6.42 Å². The average Bonchev–Trinajstić information content (AvgIpc) is 1.63. The number of hydrogen-bond donors (Lipinski definition) is 1. The third-order valence-corrected chi connectivity index (χ3v) is 1.27. The Balaban J connectivity index is 3.40. The van der Waals surface area contributed by atoms with Crippen molar-refractivity contribution in [3.8, 4) is 0 Å². The molecular weight excluding hydrogens is 144 g/mol. The molecule has 1 radical (unpaired) electrons. The summed E-state index contributed by atoms with van der Waals surface area (Å²) >= 11 is 0. The fourth-order valence-electron chi connectivity index (χ4n) is 0.285. The van der Waals surface area contributed by atoms with Gasteiger partial charge >= 0.3 is 0 Å². The molecule has 4 nitrogen and oxygen atoms in total. The largest absolute Gasteiger partial charge is 0.303 e. The van der Waals surface area contributed by atoms with Gasteiger partial charge in [0.2, 0.25) is 0 Å². The summed E-state index contributed by atoms with van der Waals surface area (Å²) in [5.74, 6) is 0.696. The van der Waals surface area contributed by atoms with Gasteiger partial charge in [0, 0.05) is 6.42 Å². The highest BCUT2D eigenvalue weighted by atomic mass is 32.2. The van der Waals surface area contributed by atoms with E-state index in [4.69, 9.17) is 4.55 Å². The molecule has 0 aliphatic carbocycles. The fourth-order valence-corrected chi connectivity index (χ4v) is 0.719. The van der Waals surface area contributed by atoms with Crippen molar-refractivity contribution < 1.29 is 17.8 Å². The van der Waals surface area contributed by atoms with Crippen LogP contribution in [0.25, 0.3) is 0 Å². The van der Waals surface area contributed by atoms with E-state index in [-0.39, 0.29) is 12.8 Å². The smallest absolute Gasteiger partial charge is 0.269 e. The van der Waals surface area contributed by atoms with Crippen LogP contribution in [0.15, 0.2) is 0 Å². The van der Waals surface area contributed by atoms with Crippen molar-refractivity contribution >= 4 is 16.4 Å². The summed E-state index contributed by atoms with van der Waals surface area (Å²) in [6.07, 6.45) is 0.782. The molecule has 0 saturated heterocycles. The van der Waals surface area contributed by atoms with Gasteiger partial charge in [-0.25, -0.2) is 0 Å². The van der Waals surface area contributed by atoms with E-state index in [2.05, 4.69) is 0 Å². The monoisotopic (exact) mass is 151 g/mol. The van der Waals surface area contributed by atoms with Crippen LogP contribution >= 0.6 is 0 Å². The first kappa shape index (κ1) is 8.58. The van der Waals surface area contributed by atoms with E-state index in [0.29, 0.717) is 12.0 Å². The maximum Gasteiger partial charge on any atom is 0.269 e. The second kappa shape index (κ2) is 3.58. The van der Waals surface area contributed by atoms with Crippen molar-refractivity contribution in [1.29, 1.82) is 0 Å². The second-order valence-corrected chi connectivity index (χ2v) is 2.79. The predicted octanol–water partition coefficient (Wildman–Crippen LogP) is 0.0151. The fraction of sp³-hybridized carbons (Fsp3) is 0.500. The van der Waals surface area contributed by atoms with E-state index in [1.807, 2.05) is 0 Å². The Hall–Kier alpha value is -0.420. The first-order chi connectivity index (χ1) is 4.06. The minimum Gasteiger partial charge on any atom is -0.303 e. The molecule has 1 N–H and O–H groups in total. The van der Waals surface area contributed by atoms with Gasteiger partial charge in [-0.2, -0.15) is 8.42 Å². The minimum absolute atomic E-state index is 0.0718. The zero-order valence-corrected chi connectivity index (χ0v) is 5.47. The molecule has 9 heavy (non-hydrogen) atoms. The summed E-state index contributed by atoms with van der Waals surface area (Å²) < 4.78 is 27.8. The molecule has 0 amide bonds. The van der Waals surface area contributed by atoms with E-state index in [1.54, 1.807) is 0 Å². The molecule has 0 atom stereocenters. The van der Waals surface area contributed by atoms with Gasteiger partial charge in [0.05, 0.1) is 0 Å². The van der Waals surface area contributed by atoms with E-state index in [1.165, 1.54) is 0 Å². The van der Waals surface area contributed by atoms with Crippen LogP contribution < -0.4 is 0 Å². The normalized spacial score (nSPS) is 11.2. The summed E-state index contributed by atoms with van der Waals surface area (Å²) in [6, 6.07) is 0. The Kier molecular flexibility index (Phi) is 3.41. The number of hydrogen-bond acceptors (Lipinski definition) is 3. The number of aldehydes is 1. The molecule has 0 bridgehead atoms. The molecule has 0 aliphatic heterocycles. The number of carbonyl (C=O) groups is 1. The van der Waals surface area contributed by atoms with Gasteiger partial charge in [-0.15, -0.1) is 0 Å². The highest BCUT2D eigenvalue weighted by Crippen LogP contribution is 1.96. The van der Waals surface area contributed by atoms with Crippen molar-refractivity contribution in [2.24, 2.45) is 0 Å². The molecule has 53 valence electrons. The standard InChI is InChI=1S/C4H7O4S/c5-3-1-2-4-9(6,7)8/h3-4H,1-2H2,(H,6,7,8). The third-order valence-electron chi connectivity index (χ3n) is 0.613. The van der Waals surface area contributed by atoms with E-state index in [9.17, 15) is 13.2 Å². The van der Waals surface area contributed by atoms with Crippen LogP contribution in [0.1, 0.15) is 12.8 Å². The molecule has 5 heteroatoms. The average molecular weight is 151 g/mol. The highest BCUT2D eigenvalue weighted by Gasteiger charge is 2.02. The molecule has 0 unspecified atom stereocenters. The summed E-state index contributed by atoms with van der Waals surface area (Å²) in [7, 11) is -3.98. The van der Waals surface area contributed by atoms with Crippen LogP contribution in [0.3, 0.4) is 0 Å². The summed E-state index contributed by atoms with van der Waals surface area (Å²) in [5, 5.41) is 0. The summed E-state index contributed by atoms with van der Waals surface area (Å²) in [6.45, 7) is 0. The SMILES string of the molecule is O=CCC[CH]S(=O)(=O)O. The second-order valence-electron chi connectivity index (χ2n) is 1.43. The lowest BCUT2D eigenvalue weighted by Gasteiger charge is -1.88. The van der Waals surface area contributed by atoms with Crippen LogP contribution in [-0.2, 0) is 14.9 Å². The Bertz CT molecular complexity index is 169. The van der Waals surface area contributed by atoms with E-state index in [0.717, 1.165) is 0 Å². The zero-order chi connectivity index (χ0) is 7.33. The number of unbranched alkanes of at least 4 members (excludes halogenated alkanes) is 1. The molecule has 0 spiro atoms. The third kappa shape index (κ3) is 7.58. The zero-order valence-electron chi connectivity index (χ0n) is 4.65. The van der Waals surface area contributed by atoms with Crippen LogP contribution in [0, 0.1) is 5.75 Å². The summed E-state index contributed by atoms with van der Waals surface area (Å²) in [4.78, 5) is 9.59. The molecular formula is C4H7O4S. The van der Waals surface area contributed by atoms with Gasteiger partial charge in [0.25, 0.3) is 10.1 Å². The Morgan fingerprint density at radius 3 is 2.22 bits per heavy atom. The van der Waals surface area contributed by atoms with Crippen molar-refractivity contribution in [2.75, 3.05) is 0 Å². The van der Waals surface area contributed by atoms with Crippen molar-refractivity contribution in [3.63, 3.8) is 0 Å². The maximum absolute atomic E-state index is 9.89. The maximum atomic E-state index is 9.89. The van der Waals surface area contributed by atoms with Crippen molar-refractivity contribution in [3.05, 3.63) is 5.75 Å². The lowest BCUT2D eigenvalue weighted by molar-refractivity contribution is -0.107. The molecule has 0 aromatic heterocycles. The lowest BCUT2D eigenvalue weighted by atomic mass is 10.4. The Morgan fingerprint density at radius 2 is 1.89 bits per heavy atom. The molecule has 0 rings (SSSR count). The van der Waals surface area contributed by atoms with Gasteiger partial charge in [0.15, 0.2) is 0 Å². The Labute approximate surface area is 53.6 Å². The molecule has 0 fully saturated rings. The Morgan fingerprint density at radius 1 is 1.33 bits per heavy atom. The van der Waals surface area contributed by atoms with Crippen LogP contribution in [-0.4, -0.2) is 19.3 Å². The molecule has 0 aromatic rings. The van der Waals surface area contributed by atoms with Gasteiger partial charge < -0.3 is 4.79 Å². The van der Waals surface area contributed by atoms with Gasteiger partial charge in [0.1, 0.15) is 12.0 Å². The quantitative estimate of drug-likeness (QED) is 0.349. The lowest BCUT2D eigenvalue weighted by Crippen LogP contribution is -1.96.